The first-order valence-electron chi connectivity index (χ1n) is 7.83. The number of ether oxygens (including phenoxy) is 4. The number of alkyl halides is 1. The fourth-order valence-corrected chi connectivity index (χ4v) is 2.36. The Morgan fingerprint density at radius 2 is 2.04 bits per heavy atom. The molecule has 1 aromatic carbocycles. The van der Waals surface area contributed by atoms with Crippen LogP contribution in [-0.2, 0) is 18.9 Å². The summed E-state index contributed by atoms with van der Waals surface area (Å²) in [6.07, 6.45) is -2.41. The number of carbonyl (C=O) groups excluding carboxylic acids is 1. The summed E-state index contributed by atoms with van der Waals surface area (Å²) in [6.45, 7) is 2.77. The van der Waals surface area contributed by atoms with Gasteiger partial charge in [-0.05, 0) is 18.6 Å². The van der Waals surface area contributed by atoms with Crippen LogP contribution in [0.2, 0.25) is 0 Å². The maximum atomic E-state index is 14.4. The van der Waals surface area contributed by atoms with Crippen LogP contribution in [0.4, 0.5) is 4.39 Å². The summed E-state index contributed by atoms with van der Waals surface area (Å²) in [7, 11) is 1.35. The highest BCUT2D eigenvalue weighted by Gasteiger charge is 2.48. The molecule has 0 amide bonds. The summed E-state index contributed by atoms with van der Waals surface area (Å²) >= 11 is 0. The van der Waals surface area contributed by atoms with Crippen LogP contribution >= 0.6 is 0 Å². The Labute approximate surface area is 135 Å². The van der Waals surface area contributed by atoms with Crippen molar-refractivity contribution in [1.82, 2.24) is 0 Å². The molecule has 0 bridgehead atoms. The molecule has 5 nitrogen and oxygen atoms in total. The van der Waals surface area contributed by atoms with Crippen molar-refractivity contribution in [3.63, 3.8) is 0 Å². The van der Waals surface area contributed by atoms with Crippen molar-refractivity contribution < 1.29 is 28.1 Å². The molecule has 0 spiro atoms. The quantitative estimate of drug-likeness (QED) is 0.543. The predicted molar refractivity (Wildman–Crippen MR) is 81.9 cm³/mol. The molecule has 1 aliphatic heterocycles. The van der Waals surface area contributed by atoms with E-state index in [0.717, 1.165) is 12.8 Å². The summed E-state index contributed by atoms with van der Waals surface area (Å²) in [5.41, 5.74) is 0.367. The summed E-state index contributed by atoms with van der Waals surface area (Å²) in [5.74, 6) is -0.586. The molecule has 4 atom stereocenters. The first kappa shape index (κ1) is 17.8. The van der Waals surface area contributed by atoms with Crippen LogP contribution in [-0.4, -0.2) is 51.0 Å². The second-order valence-corrected chi connectivity index (χ2v) is 5.39. The molecule has 0 aliphatic carbocycles. The van der Waals surface area contributed by atoms with E-state index in [1.807, 2.05) is 0 Å². The molecule has 128 valence electrons. The van der Waals surface area contributed by atoms with E-state index in [9.17, 15) is 9.18 Å². The SMILES string of the molecule is CCCCOC[C@H]1OC(OC)[C@@H](F)[C@@H]1OC(=O)c1ccccc1. The number of hydrogen-bond acceptors (Lipinski definition) is 5. The van der Waals surface area contributed by atoms with Crippen LogP contribution in [0.15, 0.2) is 30.3 Å². The smallest absolute Gasteiger partial charge is 0.338 e. The van der Waals surface area contributed by atoms with Gasteiger partial charge in [0.25, 0.3) is 0 Å². The van der Waals surface area contributed by atoms with Crippen LogP contribution in [0.25, 0.3) is 0 Å². The maximum absolute atomic E-state index is 14.4. The third kappa shape index (κ3) is 4.73. The molecule has 1 aromatic rings. The van der Waals surface area contributed by atoms with Crippen molar-refractivity contribution in [3.8, 4) is 0 Å². The Hall–Kier alpha value is -1.50. The van der Waals surface area contributed by atoms with Gasteiger partial charge in [0.2, 0.25) is 0 Å². The number of carbonyl (C=O) groups is 1. The average molecular weight is 326 g/mol. The van der Waals surface area contributed by atoms with E-state index >= 15 is 0 Å². The average Bonchev–Trinajstić information content (AvgIpc) is 2.88. The lowest BCUT2D eigenvalue weighted by atomic mass is 10.1. The number of rotatable bonds is 8. The highest BCUT2D eigenvalue weighted by atomic mass is 19.1. The van der Waals surface area contributed by atoms with Gasteiger partial charge in [0, 0.05) is 13.7 Å². The van der Waals surface area contributed by atoms with E-state index in [4.69, 9.17) is 18.9 Å². The van der Waals surface area contributed by atoms with Crippen LogP contribution in [0, 0.1) is 0 Å². The zero-order chi connectivity index (χ0) is 16.7. The molecule has 0 radical (unpaired) electrons. The van der Waals surface area contributed by atoms with Crippen molar-refractivity contribution in [2.75, 3.05) is 20.3 Å². The summed E-state index contributed by atoms with van der Waals surface area (Å²) in [4.78, 5) is 12.1. The molecule has 1 aliphatic rings. The van der Waals surface area contributed by atoms with Crippen LogP contribution < -0.4 is 0 Å². The van der Waals surface area contributed by atoms with Gasteiger partial charge in [-0.2, -0.15) is 0 Å². The first-order valence-corrected chi connectivity index (χ1v) is 7.83. The van der Waals surface area contributed by atoms with Gasteiger partial charge in [0.15, 0.2) is 18.6 Å². The number of benzene rings is 1. The molecule has 1 heterocycles. The van der Waals surface area contributed by atoms with Gasteiger partial charge in [-0.15, -0.1) is 0 Å². The minimum atomic E-state index is -1.55. The summed E-state index contributed by atoms with van der Waals surface area (Å²) < 4.78 is 35.6. The van der Waals surface area contributed by atoms with E-state index in [1.54, 1.807) is 30.3 Å². The first-order chi connectivity index (χ1) is 11.2. The van der Waals surface area contributed by atoms with Gasteiger partial charge < -0.3 is 18.9 Å². The molecular formula is C17H23FO5. The van der Waals surface area contributed by atoms with Gasteiger partial charge in [0.1, 0.15) is 6.10 Å². The Morgan fingerprint density at radius 1 is 1.30 bits per heavy atom. The number of unbranched alkanes of at least 4 members (excludes halogenated alkanes) is 1. The Kier molecular flexibility index (Phi) is 6.95. The third-order valence-corrected chi connectivity index (χ3v) is 3.66. The molecule has 6 heteroatoms. The van der Waals surface area contributed by atoms with Crippen molar-refractivity contribution >= 4 is 5.97 Å². The molecule has 1 fully saturated rings. The van der Waals surface area contributed by atoms with Gasteiger partial charge in [0.05, 0.1) is 12.2 Å². The maximum Gasteiger partial charge on any atom is 0.338 e. The van der Waals surface area contributed by atoms with E-state index in [0.29, 0.717) is 12.2 Å². The molecule has 23 heavy (non-hydrogen) atoms. The van der Waals surface area contributed by atoms with Gasteiger partial charge in [-0.25, -0.2) is 9.18 Å². The van der Waals surface area contributed by atoms with E-state index < -0.39 is 30.6 Å². The van der Waals surface area contributed by atoms with Gasteiger partial charge in [-0.3, -0.25) is 0 Å². The third-order valence-electron chi connectivity index (χ3n) is 3.66. The number of hydrogen-bond donors (Lipinski definition) is 0. The van der Waals surface area contributed by atoms with E-state index in [2.05, 4.69) is 6.92 Å². The van der Waals surface area contributed by atoms with Crippen LogP contribution in [0.1, 0.15) is 30.1 Å². The highest BCUT2D eigenvalue weighted by Crippen LogP contribution is 2.28. The lowest BCUT2D eigenvalue weighted by molar-refractivity contribution is -0.145. The minimum absolute atomic E-state index is 0.160. The van der Waals surface area contributed by atoms with Gasteiger partial charge >= 0.3 is 5.97 Å². The zero-order valence-electron chi connectivity index (χ0n) is 13.4. The molecule has 1 saturated heterocycles. The molecule has 0 aromatic heterocycles. The predicted octanol–water partition coefficient (Wildman–Crippen LogP) is 2.74. The standard InChI is InChI=1S/C17H23FO5/c1-3-4-10-21-11-13-15(14(18)17(20-2)22-13)23-16(19)12-8-6-5-7-9-12/h5-9,13-15,17H,3-4,10-11H2,1-2H3/t13-,14+,15-,17?/m1/s1. The molecule has 0 saturated carbocycles. The lowest BCUT2D eigenvalue weighted by Gasteiger charge is -2.19. The molecule has 0 N–H and O–H groups in total. The van der Waals surface area contributed by atoms with Crippen molar-refractivity contribution in [3.05, 3.63) is 35.9 Å². The largest absolute Gasteiger partial charge is 0.453 e. The highest BCUT2D eigenvalue weighted by molar-refractivity contribution is 5.89. The fourth-order valence-electron chi connectivity index (χ4n) is 2.36. The normalized spacial score (nSPS) is 27.1. The van der Waals surface area contributed by atoms with Crippen LogP contribution in [0.5, 0.6) is 0 Å². The van der Waals surface area contributed by atoms with Gasteiger partial charge in [-0.1, -0.05) is 31.5 Å². The molecule has 1 unspecified atom stereocenters. The Morgan fingerprint density at radius 3 is 2.70 bits per heavy atom. The molecule has 2 rings (SSSR count). The lowest BCUT2D eigenvalue weighted by Crippen LogP contribution is -2.37. The fraction of sp³-hybridized carbons (Fsp3) is 0.588. The Balaban J connectivity index is 1.98. The zero-order valence-corrected chi connectivity index (χ0v) is 13.4. The summed E-state index contributed by atoms with van der Waals surface area (Å²) in [6, 6.07) is 8.46. The van der Waals surface area contributed by atoms with Crippen LogP contribution in [0.3, 0.4) is 0 Å². The number of halogens is 1. The number of methoxy groups -OCH3 is 1. The number of esters is 1. The second-order valence-electron chi connectivity index (χ2n) is 5.39. The summed E-state index contributed by atoms with van der Waals surface area (Å²) in [5, 5.41) is 0. The van der Waals surface area contributed by atoms with E-state index in [1.165, 1.54) is 7.11 Å². The van der Waals surface area contributed by atoms with Crippen molar-refractivity contribution in [2.45, 2.75) is 44.4 Å². The second kappa shape index (κ2) is 8.96. The topological polar surface area (TPSA) is 54.0 Å². The minimum Gasteiger partial charge on any atom is -0.453 e. The van der Waals surface area contributed by atoms with Crippen molar-refractivity contribution in [2.24, 2.45) is 0 Å². The van der Waals surface area contributed by atoms with E-state index in [-0.39, 0.29) is 6.61 Å². The monoisotopic (exact) mass is 326 g/mol. The van der Waals surface area contributed by atoms with Crippen molar-refractivity contribution in [1.29, 1.82) is 0 Å². The Bertz CT molecular complexity index is 481. The molecular weight excluding hydrogens is 303 g/mol.